The van der Waals surface area contributed by atoms with Crippen molar-refractivity contribution in [1.29, 1.82) is 0 Å². The quantitative estimate of drug-likeness (QED) is 0.506. The average molecular weight is 393 g/mol. The molecule has 0 rings (SSSR count). The van der Waals surface area contributed by atoms with E-state index in [-0.39, 0.29) is 118 Å². The van der Waals surface area contributed by atoms with Crippen LogP contribution in [0.3, 0.4) is 0 Å². The van der Waals surface area contributed by atoms with E-state index in [4.69, 9.17) is 0 Å². The molecule has 6 nitrogen and oxygen atoms in total. The number of hydrogen-bond acceptors (Lipinski definition) is 6. The Morgan fingerprint density at radius 1 is 0.375 bits per heavy atom. The number of rotatable bonds is 0. The van der Waals surface area contributed by atoms with E-state index in [2.05, 4.69) is 0 Å². The molecule has 0 aliphatic rings. The van der Waals surface area contributed by atoms with Crippen LogP contribution in [0.2, 0.25) is 0 Å². The molecule has 0 heterocycles. The van der Waals surface area contributed by atoms with Crippen LogP contribution in [-0.4, -0.2) is 32.9 Å². The van der Waals surface area contributed by atoms with Gasteiger partial charge in [-0.15, -0.1) is 0 Å². The Hall–Kier alpha value is 2.54. The van der Waals surface area contributed by atoms with Crippen molar-refractivity contribution in [2.75, 3.05) is 0 Å². The molecule has 0 aliphatic heterocycles. The molecule has 0 aromatic carbocycles. The first-order chi connectivity index (χ1) is 0. The fourth-order valence-electron chi connectivity index (χ4n) is 0. The Kier molecular flexibility index (Phi) is 2010. The van der Waals surface area contributed by atoms with Gasteiger partial charge in [0.25, 0.3) is 0 Å². The summed E-state index contributed by atoms with van der Waals surface area (Å²) in [6.07, 6.45) is 0. The summed E-state index contributed by atoms with van der Waals surface area (Å²) in [5.74, 6) is 0. The van der Waals surface area contributed by atoms with Crippen LogP contribution in [0.1, 0.15) is 0 Å². The molecule has 0 spiro atoms. The van der Waals surface area contributed by atoms with Crippen LogP contribution < -0.4 is 0 Å². The summed E-state index contributed by atoms with van der Waals surface area (Å²) in [6.45, 7) is 0. The van der Waals surface area contributed by atoms with Crippen LogP contribution in [-0.2, 0) is 0 Å². The average Bonchev–Trinajstić information content (AvgIpc) is 0. The summed E-state index contributed by atoms with van der Waals surface area (Å²) in [7, 11) is 0. The molecule has 8 heteroatoms. The summed E-state index contributed by atoms with van der Waals surface area (Å²) in [4.78, 5) is 0. The first kappa shape index (κ1) is 149. The Morgan fingerprint density at radius 3 is 0.375 bits per heavy atom. The van der Waals surface area contributed by atoms with E-state index >= 15 is 0 Å². The molecule has 0 amide bonds. The predicted molar refractivity (Wildman–Crippen MR) is 11.6 cm³/mol. The largest absolute Gasteiger partial charge is 3.00 e. The molecule has 6 N–H and O–H groups in total. The van der Waals surface area contributed by atoms with E-state index in [1.54, 1.807) is 0 Å². The van der Waals surface area contributed by atoms with E-state index in [1.165, 1.54) is 0 Å². The third-order valence-electron chi connectivity index (χ3n) is 0. The molecule has 0 unspecified atom stereocenters. The van der Waals surface area contributed by atoms with Gasteiger partial charge in [-0.05, 0) is 0 Å². The smallest absolute Gasteiger partial charge is 0.870 e. The maximum absolute atomic E-state index is 0. The molecule has 0 aliphatic carbocycles. The zero-order chi connectivity index (χ0) is 0. The minimum absolute atomic E-state index is 0. The SMILES string of the molecule is [Eu+3].[La+3].[OH-].[OH-].[OH-].[OH-].[OH-].[OH-]. The van der Waals surface area contributed by atoms with Crippen LogP contribution in [0, 0.1) is 85.0 Å². The van der Waals surface area contributed by atoms with Crippen molar-refractivity contribution < 1.29 is 118 Å². The van der Waals surface area contributed by atoms with E-state index < -0.39 is 0 Å². The molecule has 0 atom stereocenters. The minimum Gasteiger partial charge on any atom is -0.870 e. The van der Waals surface area contributed by atoms with E-state index in [1.807, 2.05) is 0 Å². The summed E-state index contributed by atoms with van der Waals surface area (Å²) in [5, 5.41) is 0. The fourth-order valence-corrected chi connectivity index (χ4v) is 0. The van der Waals surface area contributed by atoms with Gasteiger partial charge in [0.2, 0.25) is 0 Å². The van der Waals surface area contributed by atoms with Gasteiger partial charge in [0, 0.05) is 0 Å². The van der Waals surface area contributed by atoms with Gasteiger partial charge in [-0.3, -0.25) is 0 Å². The fraction of sp³-hybridized carbons (Fsp3) is 0. The first-order valence-electron chi connectivity index (χ1n) is 0. The molecule has 0 fully saturated rings. The first-order valence-corrected chi connectivity index (χ1v) is 0. The predicted octanol–water partition coefficient (Wildman–Crippen LogP) is -1.06. The van der Waals surface area contributed by atoms with Crippen molar-refractivity contribution in [3.8, 4) is 0 Å². The summed E-state index contributed by atoms with van der Waals surface area (Å²) < 4.78 is 0. The molecule has 0 bridgehead atoms. The van der Waals surface area contributed by atoms with Crippen LogP contribution in [0.4, 0.5) is 0 Å². The maximum atomic E-state index is 0. The summed E-state index contributed by atoms with van der Waals surface area (Å²) in [6, 6.07) is 0. The van der Waals surface area contributed by atoms with Crippen molar-refractivity contribution >= 4 is 0 Å². The van der Waals surface area contributed by atoms with Crippen LogP contribution in [0.5, 0.6) is 0 Å². The van der Waals surface area contributed by atoms with Gasteiger partial charge >= 0.3 is 85.0 Å². The van der Waals surface area contributed by atoms with Crippen molar-refractivity contribution in [3.63, 3.8) is 0 Å². The molecule has 0 aromatic rings. The van der Waals surface area contributed by atoms with Gasteiger partial charge in [-0.2, -0.15) is 0 Å². The Bertz CT molecular complexity index is 8.49. The Morgan fingerprint density at radius 2 is 0.375 bits per heavy atom. The second-order valence-electron chi connectivity index (χ2n) is 0. The van der Waals surface area contributed by atoms with Gasteiger partial charge in [-0.1, -0.05) is 0 Å². The van der Waals surface area contributed by atoms with Gasteiger partial charge < -0.3 is 32.9 Å². The monoisotopic (exact) mass is 394 g/mol. The van der Waals surface area contributed by atoms with Gasteiger partial charge in [0.15, 0.2) is 0 Å². The van der Waals surface area contributed by atoms with E-state index in [0.717, 1.165) is 0 Å². The van der Waals surface area contributed by atoms with Gasteiger partial charge in [-0.25, -0.2) is 0 Å². The molecule has 0 saturated carbocycles. The molecule has 0 saturated heterocycles. The van der Waals surface area contributed by atoms with Crippen LogP contribution in [0.25, 0.3) is 0 Å². The molecule has 52 valence electrons. The zero-order valence-corrected chi connectivity index (χ0v) is 9.69. The maximum Gasteiger partial charge on any atom is 3.00 e. The molecule has 0 radical (unpaired) electrons. The van der Waals surface area contributed by atoms with Crippen LogP contribution in [0.15, 0.2) is 0 Å². The van der Waals surface area contributed by atoms with Crippen molar-refractivity contribution in [1.82, 2.24) is 0 Å². The minimum atomic E-state index is 0. The molecular weight excluding hydrogens is 387 g/mol. The second-order valence-corrected chi connectivity index (χ2v) is 0. The normalized spacial score (nSPS) is 0. The van der Waals surface area contributed by atoms with Gasteiger partial charge in [0.05, 0.1) is 0 Å². The molecule has 0 aromatic heterocycles. The van der Waals surface area contributed by atoms with Gasteiger partial charge in [0.1, 0.15) is 0 Å². The Labute approximate surface area is 115 Å². The molecular formula is H6EuLaO6. The van der Waals surface area contributed by atoms with Crippen molar-refractivity contribution in [2.24, 2.45) is 0 Å². The van der Waals surface area contributed by atoms with Crippen molar-refractivity contribution in [3.05, 3.63) is 0 Å². The van der Waals surface area contributed by atoms with E-state index in [9.17, 15) is 0 Å². The van der Waals surface area contributed by atoms with Crippen LogP contribution >= 0.6 is 0 Å². The third kappa shape index (κ3) is 75.3. The zero-order valence-electron chi connectivity index (χ0n) is 3.64. The summed E-state index contributed by atoms with van der Waals surface area (Å²) >= 11 is 0. The summed E-state index contributed by atoms with van der Waals surface area (Å²) in [5.41, 5.74) is 0. The van der Waals surface area contributed by atoms with Crippen molar-refractivity contribution in [2.45, 2.75) is 0 Å². The second kappa shape index (κ2) is 108. The van der Waals surface area contributed by atoms with E-state index in [0.29, 0.717) is 0 Å². The third-order valence-corrected chi connectivity index (χ3v) is 0. The topological polar surface area (TPSA) is 180 Å². The molecule has 8 heavy (non-hydrogen) atoms. The Balaban J connectivity index is 0. The standard InChI is InChI=1S/Eu.La.6H2O/h;;6*1H2/q2*+3;;;;;;/p-6. The number of hydrogen-bond donors (Lipinski definition) is 0.